The van der Waals surface area contributed by atoms with Gasteiger partial charge in [-0.3, -0.25) is 9.69 Å². The Labute approximate surface area is 97.6 Å². The quantitative estimate of drug-likeness (QED) is 0.727. The zero-order valence-corrected chi connectivity index (χ0v) is 10.4. The maximum atomic E-state index is 11.5. The monoisotopic (exact) mass is 225 g/mol. The number of fused-ring (bicyclic) bond motifs is 2. The molecule has 1 saturated heterocycles. The van der Waals surface area contributed by atoms with Crippen molar-refractivity contribution in [3.63, 3.8) is 0 Å². The molecule has 4 atom stereocenters. The fourth-order valence-corrected chi connectivity index (χ4v) is 3.22. The Morgan fingerprint density at radius 1 is 1.56 bits per heavy atom. The second-order valence-corrected chi connectivity index (χ2v) is 5.38. The van der Waals surface area contributed by atoms with Crippen molar-refractivity contribution in [3.8, 4) is 0 Å². The fourth-order valence-electron chi connectivity index (χ4n) is 3.22. The average Bonchev–Trinajstić information content (AvgIpc) is 2.71. The van der Waals surface area contributed by atoms with Crippen LogP contribution in [0.3, 0.4) is 0 Å². The summed E-state index contributed by atoms with van der Waals surface area (Å²) < 4.78 is 0. The molecule has 2 aliphatic rings. The number of carbonyl (C=O) groups excluding carboxylic acids is 1. The zero-order valence-electron chi connectivity index (χ0n) is 10.4. The molecule has 0 aromatic rings. The molecule has 1 saturated carbocycles. The number of amides is 1. The molecule has 2 bridgehead atoms. The second-order valence-electron chi connectivity index (χ2n) is 5.38. The van der Waals surface area contributed by atoms with E-state index in [-0.39, 0.29) is 18.0 Å². The summed E-state index contributed by atoms with van der Waals surface area (Å²) in [5.74, 6) is 0.711. The Morgan fingerprint density at radius 2 is 2.25 bits per heavy atom. The van der Waals surface area contributed by atoms with Gasteiger partial charge in [0, 0.05) is 37.1 Å². The number of nitrogens with two attached hydrogens (primary N) is 1. The lowest BCUT2D eigenvalue weighted by molar-refractivity contribution is -0.122. The van der Waals surface area contributed by atoms with Gasteiger partial charge in [-0.2, -0.15) is 0 Å². The van der Waals surface area contributed by atoms with Gasteiger partial charge in [-0.25, -0.2) is 0 Å². The van der Waals surface area contributed by atoms with E-state index in [0.717, 1.165) is 13.0 Å². The molecule has 0 spiro atoms. The highest BCUT2D eigenvalue weighted by Crippen LogP contribution is 2.38. The van der Waals surface area contributed by atoms with E-state index < -0.39 is 0 Å². The van der Waals surface area contributed by atoms with E-state index in [1.807, 2.05) is 6.92 Å². The van der Waals surface area contributed by atoms with Crippen LogP contribution in [-0.2, 0) is 4.79 Å². The van der Waals surface area contributed by atoms with Gasteiger partial charge in [0.1, 0.15) is 0 Å². The van der Waals surface area contributed by atoms with Crippen LogP contribution in [0.1, 0.15) is 33.6 Å². The highest BCUT2D eigenvalue weighted by atomic mass is 16.1. The van der Waals surface area contributed by atoms with Gasteiger partial charge in [0.05, 0.1) is 0 Å². The van der Waals surface area contributed by atoms with E-state index >= 15 is 0 Å². The number of hydrogen-bond acceptors (Lipinski definition) is 3. The summed E-state index contributed by atoms with van der Waals surface area (Å²) in [6, 6.07) is 1.37. The number of carbonyl (C=O) groups is 1. The van der Waals surface area contributed by atoms with Crippen LogP contribution >= 0.6 is 0 Å². The van der Waals surface area contributed by atoms with Gasteiger partial charge in [-0.15, -0.1) is 0 Å². The minimum absolute atomic E-state index is 0.147. The molecular formula is C12H23N3O. The highest BCUT2D eigenvalue weighted by Gasteiger charge is 2.51. The van der Waals surface area contributed by atoms with E-state index in [0.29, 0.717) is 24.4 Å². The molecule has 92 valence electrons. The summed E-state index contributed by atoms with van der Waals surface area (Å²) in [6.07, 6.45) is 1.62. The topological polar surface area (TPSA) is 58.4 Å². The summed E-state index contributed by atoms with van der Waals surface area (Å²) in [4.78, 5) is 13.9. The first-order valence-electron chi connectivity index (χ1n) is 6.35. The summed E-state index contributed by atoms with van der Waals surface area (Å²) in [5.41, 5.74) is 6.23. The van der Waals surface area contributed by atoms with Gasteiger partial charge in [-0.05, 0) is 26.2 Å². The number of rotatable bonds is 3. The van der Waals surface area contributed by atoms with Crippen molar-refractivity contribution in [2.24, 2.45) is 11.7 Å². The van der Waals surface area contributed by atoms with Gasteiger partial charge < -0.3 is 11.1 Å². The minimum Gasteiger partial charge on any atom is -0.352 e. The lowest BCUT2D eigenvalue weighted by Crippen LogP contribution is -2.54. The molecule has 1 aliphatic heterocycles. The van der Waals surface area contributed by atoms with Crippen LogP contribution in [0.5, 0.6) is 0 Å². The van der Waals surface area contributed by atoms with E-state index in [4.69, 9.17) is 5.73 Å². The molecule has 0 unspecified atom stereocenters. The Hall–Kier alpha value is -0.610. The van der Waals surface area contributed by atoms with Crippen LogP contribution in [0.2, 0.25) is 0 Å². The van der Waals surface area contributed by atoms with Crippen molar-refractivity contribution in [1.29, 1.82) is 0 Å². The maximum absolute atomic E-state index is 11.5. The predicted molar refractivity (Wildman–Crippen MR) is 63.9 cm³/mol. The number of piperidine rings is 1. The summed E-state index contributed by atoms with van der Waals surface area (Å²) in [5, 5.41) is 3.11. The minimum atomic E-state index is 0.147. The van der Waals surface area contributed by atoms with Gasteiger partial charge in [0.2, 0.25) is 5.91 Å². The Kier molecular flexibility index (Phi) is 3.22. The number of nitrogens with one attached hydrogen (secondary N) is 1. The molecule has 0 aromatic heterocycles. The lowest BCUT2D eigenvalue weighted by Gasteiger charge is -2.36. The molecule has 3 N–H and O–H groups in total. The summed E-state index contributed by atoms with van der Waals surface area (Å²) in [7, 11) is 0. The fraction of sp³-hybridized carbons (Fsp3) is 0.917. The third kappa shape index (κ3) is 1.84. The first-order valence-corrected chi connectivity index (χ1v) is 6.35. The third-order valence-corrected chi connectivity index (χ3v) is 4.07. The standard InChI is InChI=1S/C12H23N3O/c1-4-10(16)14-9-5-8-6-15(7(2)3)12(9)11(8)13/h7-9,11-12H,4-6,13H2,1-3H3,(H,14,16)/t8-,9+,11-,12-/m1/s1. The van der Waals surface area contributed by atoms with Gasteiger partial charge in [0.25, 0.3) is 0 Å². The molecule has 16 heavy (non-hydrogen) atoms. The van der Waals surface area contributed by atoms with Crippen LogP contribution in [0, 0.1) is 5.92 Å². The predicted octanol–water partition coefficient (Wildman–Crippen LogP) is 0.321. The van der Waals surface area contributed by atoms with Crippen molar-refractivity contribution in [1.82, 2.24) is 10.2 Å². The number of hydrogen-bond donors (Lipinski definition) is 2. The first kappa shape index (κ1) is 11.9. The molecule has 1 heterocycles. The van der Waals surface area contributed by atoms with Crippen LogP contribution in [0.25, 0.3) is 0 Å². The molecular weight excluding hydrogens is 202 g/mol. The van der Waals surface area contributed by atoms with Crippen LogP contribution in [0.4, 0.5) is 0 Å². The summed E-state index contributed by atoms with van der Waals surface area (Å²) in [6.45, 7) is 7.39. The summed E-state index contributed by atoms with van der Waals surface area (Å²) >= 11 is 0. The van der Waals surface area contributed by atoms with E-state index in [1.54, 1.807) is 0 Å². The Balaban J connectivity index is 2.05. The normalized spacial score (nSPS) is 38.3. The first-order chi connectivity index (χ1) is 7.54. The Morgan fingerprint density at radius 3 is 2.75 bits per heavy atom. The third-order valence-electron chi connectivity index (χ3n) is 4.07. The molecule has 4 heteroatoms. The smallest absolute Gasteiger partial charge is 0.219 e. The molecule has 0 aromatic carbocycles. The van der Waals surface area contributed by atoms with E-state index in [1.165, 1.54) is 0 Å². The maximum Gasteiger partial charge on any atom is 0.219 e. The van der Waals surface area contributed by atoms with Crippen molar-refractivity contribution < 1.29 is 4.79 Å². The highest BCUT2D eigenvalue weighted by molar-refractivity contribution is 5.76. The molecule has 0 radical (unpaired) electrons. The van der Waals surface area contributed by atoms with Crippen molar-refractivity contribution in [3.05, 3.63) is 0 Å². The Bertz CT molecular complexity index is 279. The number of likely N-dealkylation sites (tertiary alicyclic amines) is 1. The molecule has 4 nitrogen and oxygen atoms in total. The zero-order chi connectivity index (χ0) is 11.9. The van der Waals surface area contributed by atoms with E-state index in [2.05, 4.69) is 24.1 Å². The largest absolute Gasteiger partial charge is 0.352 e. The molecule has 1 amide bonds. The molecule has 1 aliphatic carbocycles. The average molecular weight is 225 g/mol. The van der Waals surface area contributed by atoms with Crippen molar-refractivity contribution in [2.75, 3.05) is 6.54 Å². The van der Waals surface area contributed by atoms with Crippen molar-refractivity contribution >= 4 is 5.91 Å². The van der Waals surface area contributed by atoms with Crippen LogP contribution in [-0.4, -0.2) is 41.5 Å². The van der Waals surface area contributed by atoms with E-state index in [9.17, 15) is 4.79 Å². The SMILES string of the molecule is CCC(=O)N[C@H]1C[C@@H]2CN(C(C)C)[C@H]1[C@@H]2N. The van der Waals surface area contributed by atoms with Gasteiger partial charge in [-0.1, -0.05) is 6.92 Å². The van der Waals surface area contributed by atoms with Crippen LogP contribution in [0.15, 0.2) is 0 Å². The number of nitrogens with zero attached hydrogens (tertiary/aromatic N) is 1. The lowest BCUT2D eigenvalue weighted by atomic mass is 10.0. The van der Waals surface area contributed by atoms with Crippen LogP contribution < -0.4 is 11.1 Å². The molecule has 2 fully saturated rings. The second kappa shape index (κ2) is 4.34. The molecule has 2 rings (SSSR count). The van der Waals surface area contributed by atoms with Crippen molar-refractivity contribution in [2.45, 2.75) is 57.8 Å². The van der Waals surface area contributed by atoms with Gasteiger partial charge >= 0.3 is 0 Å². The van der Waals surface area contributed by atoms with Gasteiger partial charge in [0.15, 0.2) is 0 Å².